The Labute approximate surface area is 146 Å². The summed E-state index contributed by atoms with van der Waals surface area (Å²) in [6.45, 7) is 5.29. The zero-order valence-electron chi connectivity index (χ0n) is 14.4. The number of ether oxygens (including phenoxy) is 2. The molecular formula is C17H23N3O5. The van der Waals surface area contributed by atoms with Gasteiger partial charge in [0.15, 0.2) is 0 Å². The van der Waals surface area contributed by atoms with Gasteiger partial charge in [-0.3, -0.25) is 4.79 Å². The maximum absolute atomic E-state index is 12.4. The second-order valence-corrected chi connectivity index (χ2v) is 5.58. The van der Waals surface area contributed by atoms with E-state index in [-0.39, 0.29) is 12.0 Å². The van der Waals surface area contributed by atoms with Gasteiger partial charge in [0.2, 0.25) is 5.91 Å². The molecule has 0 radical (unpaired) electrons. The molecule has 136 valence electrons. The van der Waals surface area contributed by atoms with Crippen molar-refractivity contribution in [2.24, 2.45) is 0 Å². The van der Waals surface area contributed by atoms with Crippen LogP contribution in [0.1, 0.15) is 13.8 Å². The van der Waals surface area contributed by atoms with E-state index in [1.807, 2.05) is 6.07 Å². The minimum atomic E-state index is -0.717. The Morgan fingerprint density at radius 1 is 1.08 bits per heavy atom. The number of hydrogen-bond donors (Lipinski definition) is 1. The number of carbonyl (C=O) groups is 3. The molecule has 0 aliphatic carbocycles. The van der Waals surface area contributed by atoms with Crippen molar-refractivity contribution in [1.29, 1.82) is 0 Å². The van der Waals surface area contributed by atoms with E-state index in [2.05, 4.69) is 5.32 Å². The Balaban J connectivity index is 1.78. The number of rotatable bonds is 4. The van der Waals surface area contributed by atoms with Crippen LogP contribution in [0.25, 0.3) is 0 Å². The first-order valence-corrected chi connectivity index (χ1v) is 8.25. The predicted octanol–water partition coefficient (Wildman–Crippen LogP) is 1.46. The van der Waals surface area contributed by atoms with Gasteiger partial charge < -0.3 is 24.6 Å². The second-order valence-electron chi connectivity index (χ2n) is 5.58. The highest BCUT2D eigenvalue weighted by atomic mass is 16.6. The number of piperazine rings is 1. The molecular weight excluding hydrogens is 326 g/mol. The van der Waals surface area contributed by atoms with Crippen molar-refractivity contribution in [1.82, 2.24) is 15.1 Å². The molecule has 0 unspecified atom stereocenters. The zero-order chi connectivity index (χ0) is 18.2. The molecule has 8 heteroatoms. The lowest BCUT2D eigenvalue weighted by Crippen LogP contribution is -2.55. The number of amides is 3. The topological polar surface area (TPSA) is 88.2 Å². The summed E-state index contributed by atoms with van der Waals surface area (Å²) in [4.78, 5) is 39.1. The van der Waals surface area contributed by atoms with Crippen molar-refractivity contribution in [3.05, 3.63) is 30.3 Å². The third-order valence-corrected chi connectivity index (χ3v) is 3.78. The Morgan fingerprint density at radius 2 is 1.68 bits per heavy atom. The highest BCUT2D eigenvalue weighted by Crippen LogP contribution is 2.09. The molecule has 25 heavy (non-hydrogen) atoms. The normalized spacial score (nSPS) is 15.3. The van der Waals surface area contributed by atoms with Crippen LogP contribution in [0, 0.1) is 0 Å². The van der Waals surface area contributed by atoms with E-state index < -0.39 is 12.1 Å². The molecule has 8 nitrogen and oxygen atoms in total. The largest absolute Gasteiger partial charge is 0.450 e. The molecule has 0 saturated carbocycles. The van der Waals surface area contributed by atoms with E-state index in [9.17, 15) is 14.4 Å². The van der Waals surface area contributed by atoms with Gasteiger partial charge in [-0.05, 0) is 26.0 Å². The molecule has 1 N–H and O–H groups in total. The maximum Gasteiger partial charge on any atom is 0.413 e. The molecule has 3 amide bonds. The molecule has 1 heterocycles. The van der Waals surface area contributed by atoms with Crippen molar-refractivity contribution in [2.45, 2.75) is 19.9 Å². The Bertz CT molecular complexity index is 600. The van der Waals surface area contributed by atoms with E-state index in [1.165, 1.54) is 0 Å². The van der Waals surface area contributed by atoms with Gasteiger partial charge in [-0.2, -0.15) is 0 Å². The number of benzene rings is 1. The van der Waals surface area contributed by atoms with Gasteiger partial charge in [0, 0.05) is 26.2 Å². The van der Waals surface area contributed by atoms with Gasteiger partial charge in [0.1, 0.15) is 11.8 Å². The van der Waals surface area contributed by atoms with Crippen LogP contribution in [0.2, 0.25) is 0 Å². The van der Waals surface area contributed by atoms with Crippen LogP contribution in [0.4, 0.5) is 9.59 Å². The molecule has 0 aromatic heterocycles. The minimum Gasteiger partial charge on any atom is -0.450 e. The van der Waals surface area contributed by atoms with Crippen molar-refractivity contribution in [2.75, 3.05) is 32.8 Å². The van der Waals surface area contributed by atoms with Gasteiger partial charge in [-0.1, -0.05) is 18.2 Å². The summed E-state index contributed by atoms with van der Waals surface area (Å²) >= 11 is 0. The smallest absolute Gasteiger partial charge is 0.413 e. The number of nitrogens with zero attached hydrogens (tertiary/aromatic N) is 2. The highest BCUT2D eigenvalue weighted by Gasteiger charge is 2.28. The zero-order valence-corrected chi connectivity index (χ0v) is 14.4. The fraction of sp³-hybridized carbons (Fsp3) is 0.471. The molecule has 1 fully saturated rings. The first kappa shape index (κ1) is 18.6. The minimum absolute atomic E-state index is 0.214. The van der Waals surface area contributed by atoms with Gasteiger partial charge in [-0.15, -0.1) is 0 Å². The van der Waals surface area contributed by atoms with Crippen LogP contribution in [-0.4, -0.2) is 66.7 Å². The fourth-order valence-corrected chi connectivity index (χ4v) is 2.46. The van der Waals surface area contributed by atoms with Crippen LogP contribution in [-0.2, 0) is 9.53 Å². The summed E-state index contributed by atoms with van der Waals surface area (Å²) in [6.07, 6.45) is -1.05. The fourth-order valence-electron chi connectivity index (χ4n) is 2.46. The lowest BCUT2D eigenvalue weighted by Gasteiger charge is -2.35. The lowest BCUT2D eigenvalue weighted by molar-refractivity contribution is -0.134. The molecule has 1 atom stereocenters. The van der Waals surface area contributed by atoms with E-state index in [0.717, 1.165) is 0 Å². The van der Waals surface area contributed by atoms with E-state index in [4.69, 9.17) is 9.47 Å². The molecule has 2 rings (SSSR count). The Hall–Kier alpha value is -2.77. The third kappa shape index (κ3) is 5.37. The van der Waals surface area contributed by atoms with E-state index >= 15 is 0 Å². The van der Waals surface area contributed by atoms with Crippen LogP contribution in [0.3, 0.4) is 0 Å². The van der Waals surface area contributed by atoms with Crippen LogP contribution >= 0.6 is 0 Å². The third-order valence-electron chi connectivity index (χ3n) is 3.78. The first-order valence-electron chi connectivity index (χ1n) is 8.25. The van der Waals surface area contributed by atoms with Crippen LogP contribution in [0.5, 0.6) is 5.75 Å². The van der Waals surface area contributed by atoms with Gasteiger partial charge in [0.25, 0.3) is 0 Å². The molecule has 1 aliphatic rings. The summed E-state index contributed by atoms with van der Waals surface area (Å²) in [6, 6.07) is 7.90. The highest BCUT2D eigenvalue weighted by molar-refractivity contribution is 5.86. The van der Waals surface area contributed by atoms with Gasteiger partial charge in [-0.25, -0.2) is 9.59 Å². The molecule has 1 aromatic rings. The summed E-state index contributed by atoms with van der Waals surface area (Å²) in [7, 11) is 0. The van der Waals surface area contributed by atoms with Crippen LogP contribution < -0.4 is 10.1 Å². The molecule has 0 bridgehead atoms. The number of hydrogen-bond acceptors (Lipinski definition) is 5. The van der Waals surface area contributed by atoms with Crippen molar-refractivity contribution < 1.29 is 23.9 Å². The van der Waals surface area contributed by atoms with E-state index in [0.29, 0.717) is 38.5 Å². The van der Waals surface area contributed by atoms with E-state index in [1.54, 1.807) is 47.9 Å². The standard InChI is InChI=1S/C17H23N3O5/c1-3-24-17(23)20-11-9-19(10-12-20)15(21)13(2)18-16(22)25-14-7-5-4-6-8-14/h4-8,13H,3,9-12H2,1-2H3,(H,18,22)/t13-/m1/s1. The summed E-state index contributed by atoms with van der Waals surface area (Å²) in [5.41, 5.74) is 0. The van der Waals surface area contributed by atoms with Gasteiger partial charge >= 0.3 is 12.2 Å². The monoisotopic (exact) mass is 349 g/mol. The van der Waals surface area contributed by atoms with Crippen LogP contribution in [0.15, 0.2) is 30.3 Å². The molecule has 1 aromatic carbocycles. The lowest BCUT2D eigenvalue weighted by atomic mass is 10.2. The first-order chi connectivity index (χ1) is 12.0. The molecule has 1 aliphatic heterocycles. The molecule has 1 saturated heterocycles. The second kappa shape index (κ2) is 8.91. The SMILES string of the molecule is CCOC(=O)N1CCN(C(=O)[C@@H](C)NC(=O)Oc2ccccc2)CC1. The van der Waals surface area contributed by atoms with Crippen molar-refractivity contribution in [3.8, 4) is 5.75 Å². The summed E-state index contributed by atoms with van der Waals surface area (Å²) in [5, 5.41) is 2.52. The average Bonchev–Trinajstić information content (AvgIpc) is 2.62. The quantitative estimate of drug-likeness (QED) is 0.889. The number of carbonyl (C=O) groups excluding carboxylic acids is 3. The Morgan fingerprint density at radius 3 is 2.28 bits per heavy atom. The number of nitrogens with one attached hydrogen (secondary N) is 1. The summed E-state index contributed by atoms with van der Waals surface area (Å²) < 4.78 is 10.1. The maximum atomic E-state index is 12.4. The van der Waals surface area contributed by atoms with Gasteiger partial charge in [0.05, 0.1) is 6.61 Å². The predicted molar refractivity (Wildman–Crippen MR) is 90.2 cm³/mol. The average molecular weight is 349 g/mol. The van der Waals surface area contributed by atoms with Crippen molar-refractivity contribution in [3.63, 3.8) is 0 Å². The Kier molecular flexibility index (Phi) is 6.62. The molecule has 0 spiro atoms. The van der Waals surface area contributed by atoms with Crippen molar-refractivity contribution >= 4 is 18.1 Å². The number of para-hydroxylation sites is 1. The summed E-state index contributed by atoms with van der Waals surface area (Å²) in [5.74, 6) is 0.191.